The second kappa shape index (κ2) is 8.37. The molecule has 1 aliphatic heterocycles. The molecule has 0 atom stereocenters. The first-order chi connectivity index (χ1) is 11.3. The van der Waals surface area contributed by atoms with E-state index in [9.17, 15) is 0 Å². The van der Waals surface area contributed by atoms with E-state index in [-0.39, 0.29) is 0 Å². The summed E-state index contributed by atoms with van der Waals surface area (Å²) in [6.07, 6.45) is 3.60. The lowest BCUT2D eigenvalue weighted by Gasteiger charge is -2.32. The van der Waals surface area contributed by atoms with Crippen LogP contribution in [0.5, 0.6) is 5.75 Å². The lowest BCUT2D eigenvalue weighted by atomic mass is 9.89. The zero-order chi connectivity index (χ0) is 15.9. The van der Waals surface area contributed by atoms with Crippen molar-refractivity contribution in [1.82, 2.24) is 4.90 Å². The van der Waals surface area contributed by atoms with Gasteiger partial charge in [0.15, 0.2) is 0 Å². The van der Waals surface area contributed by atoms with Crippen LogP contribution in [-0.4, -0.2) is 31.1 Å². The van der Waals surface area contributed by atoms with Gasteiger partial charge in [-0.05, 0) is 68.1 Å². The zero-order valence-corrected chi connectivity index (χ0v) is 14.2. The Kier molecular flexibility index (Phi) is 5.95. The molecule has 0 amide bonds. The molecular formula is C20H24ClNO. The van der Waals surface area contributed by atoms with Crippen molar-refractivity contribution in [1.29, 1.82) is 0 Å². The largest absolute Gasteiger partial charge is 0.494 e. The van der Waals surface area contributed by atoms with E-state index in [1.807, 2.05) is 24.3 Å². The van der Waals surface area contributed by atoms with Gasteiger partial charge in [-0.2, -0.15) is 0 Å². The number of hydrogen-bond acceptors (Lipinski definition) is 2. The molecule has 1 saturated heterocycles. The monoisotopic (exact) mass is 329 g/mol. The predicted molar refractivity (Wildman–Crippen MR) is 96.4 cm³/mol. The van der Waals surface area contributed by atoms with Gasteiger partial charge in [-0.3, -0.25) is 0 Å². The van der Waals surface area contributed by atoms with E-state index in [1.54, 1.807) is 0 Å². The Bertz CT molecular complexity index is 576. The summed E-state index contributed by atoms with van der Waals surface area (Å²) in [5, 5.41) is 0.749. The first-order valence-corrected chi connectivity index (χ1v) is 8.85. The number of rotatable bonds is 6. The summed E-state index contributed by atoms with van der Waals surface area (Å²) < 4.78 is 5.76. The Morgan fingerprint density at radius 2 is 1.65 bits per heavy atom. The minimum Gasteiger partial charge on any atom is -0.494 e. The van der Waals surface area contributed by atoms with Crippen LogP contribution < -0.4 is 4.74 Å². The fourth-order valence-electron chi connectivity index (χ4n) is 3.22. The zero-order valence-electron chi connectivity index (χ0n) is 13.5. The molecule has 1 aliphatic rings. The summed E-state index contributed by atoms with van der Waals surface area (Å²) in [7, 11) is 0. The Hall–Kier alpha value is -1.51. The Labute approximate surface area is 144 Å². The molecule has 0 aromatic heterocycles. The van der Waals surface area contributed by atoms with E-state index in [1.165, 1.54) is 31.5 Å². The van der Waals surface area contributed by atoms with Crippen LogP contribution in [0.4, 0.5) is 0 Å². The molecule has 0 bridgehead atoms. The van der Waals surface area contributed by atoms with Crippen molar-refractivity contribution < 1.29 is 4.74 Å². The molecule has 0 unspecified atom stereocenters. The van der Waals surface area contributed by atoms with Crippen molar-refractivity contribution >= 4 is 11.6 Å². The minimum atomic E-state index is 0.734. The topological polar surface area (TPSA) is 12.5 Å². The van der Waals surface area contributed by atoms with Gasteiger partial charge in [0.25, 0.3) is 0 Å². The van der Waals surface area contributed by atoms with Gasteiger partial charge in [0.05, 0.1) is 6.61 Å². The van der Waals surface area contributed by atoms with Crippen molar-refractivity contribution in [3.8, 4) is 5.75 Å². The molecule has 23 heavy (non-hydrogen) atoms. The third kappa shape index (κ3) is 4.98. The van der Waals surface area contributed by atoms with E-state index in [0.717, 1.165) is 36.3 Å². The molecule has 1 fully saturated rings. The second-order valence-corrected chi connectivity index (χ2v) is 6.62. The summed E-state index contributed by atoms with van der Waals surface area (Å²) in [5.74, 6) is 1.63. The molecule has 0 aliphatic carbocycles. The van der Waals surface area contributed by atoms with Gasteiger partial charge in [-0.1, -0.05) is 41.9 Å². The van der Waals surface area contributed by atoms with Crippen molar-refractivity contribution in [2.45, 2.75) is 25.2 Å². The van der Waals surface area contributed by atoms with E-state index in [0.29, 0.717) is 0 Å². The van der Waals surface area contributed by atoms with Gasteiger partial charge in [0.2, 0.25) is 0 Å². The van der Waals surface area contributed by atoms with Crippen molar-refractivity contribution in [2.24, 2.45) is 0 Å². The first-order valence-electron chi connectivity index (χ1n) is 8.47. The number of benzene rings is 2. The van der Waals surface area contributed by atoms with Crippen LogP contribution in [0.3, 0.4) is 0 Å². The number of halogens is 1. The quantitative estimate of drug-likeness (QED) is 0.692. The summed E-state index contributed by atoms with van der Waals surface area (Å²) in [5.41, 5.74) is 1.50. The Morgan fingerprint density at radius 1 is 0.957 bits per heavy atom. The average Bonchev–Trinajstić information content (AvgIpc) is 2.62. The number of likely N-dealkylation sites (tertiary alicyclic amines) is 1. The lowest BCUT2D eigenvalue weighted by Crippen LogP contribution is -2.34. The highest BCUT2D eigenvalue weighted by molar-refractivity contribution is 6.30. The van der Waals surface area contributed by atoms with Crippen LogP contribution in [0.25, 0.3) is 0 Å². The fourth-order valence-corrected chi connectivity index (χ4v) is 3.35. The molecule has 1 heterocycles. The molecular weight excluding hydrogens is 306 g/mol. The predicted octanol–water partition coefficient (Wildman–Crippen LogP) is 4.99. The van der Waals surface area contributed by atoms with Crippen LogP contribution in [0.2, 0.25) is 5.02 Å². The number of nitrogens with zero attached hydrogens (tertiary/aromatic N) is 1. The SMILES string of the molecule is Clc1ccc(OCCCN2CCC(c3ccccc3)CC2)cc1. The summed E-state index contributed by atoms with van der Waals surface area (Å²) in [4.78, 5) is 2.56. The third-order valence-electron chi connectivity index (χ3n) is 4.56. The average molecular weight is 330 g/mol. The molecule has 2 nitrogen and oxygen atoms in total. The molecule has 0 saturated carbocycles. The van der Waals surface area contributed by atoms with Crippen molar-refractivity contribution in [3.05, 3.63) is 65.2 Å². The van der Waals surface area contributed by atoms with Crippen LogP contribution in [0.15, 0.2) is 54.6 Å². The normalized spacial score (nSPS) is 16.4. The minimum absolute atomic E-state index is 0.734. The molecule has 0 radical (unpaired) electrons. The maximum atomic E-state index is 5.87. The highest BCUT2D eigenvalue weighted by Crippen LogP contribution is 2.27. The highest BCUT2D eigenvalue weighted by atomic mass is 35.5. The molecule has 3 rings (SSSR count). The molecule has 122 valence electrons. The van der Waals surface area contributed by atoms with E-state index >= 15 is 0 Å². The first kappa shape index (κ1) is 16.4. The summed E-state index contributed by atoms with van der Waals surface area (Å²) >= 11 is 5.87. The Balaban J connectivity index is 1.34. The van der Waals surface area contributed by atoms with E-state index in [4.69, 9.17) is 16.3 Å². The van der Waals surface area contributed by atoms with Gasteiger partial charge < -0.3 is 9.64 Å². The molecule has 2 aromatic carbocycles. The van der Waals surface area contributed by atoms with Crippen LogP contribution in [0, 0.1) is 0 Å². The van der Waals surface area contributed by atoms with Crippen LogP contribution in [-0.2, 0) is 0 Å². The smallest absolute Gasteiger partial charge is 0.119 e. The fraction of sp³-hybridized carbons (Fsp3) is 0.400. The van der Waals surface area contributed by atoms with Gasteiger partial charge in [0, 0.05) is 11.6 Å². The van der Waals surface area contributed by atoms with Gasteiger partial charge in [-0.25, -0.2) is 0 Å². The second-order valence-electron chi connectivity index (χ2n) is 6.18. The highest BCUT2D eigenvalue weighted by Gasteiger charge is 2.19. The summed E-state index contributed by atoms with van der Waals surface area (Å²) in [6.45, 7) is 4.27. The molecule has 0 N–H and O–H groups in total. The van der Waals surface area contributed by atoms with Crippen molar-refractivity contribution in [2.75, 3.05) is 26.2 Å². The van der Waals surface area contributed by atoms with Crippen LogP contribution >= 0.6 is 11.6 Å². The standard InChI is InChI=1S/C20H24ClNO/c21-19-7-9-20(10-8-19)23-16-4-13-22-14-11-18(12-15-22)17-5-2-1-3-6-17/h1-3,5-10,18H,4,11-16H2. The van der Waals surface area contributed by atoms with Gasteiger partial charge >= 0.3 is 0 Å². The third-order valence-corrected chi connectivity index (χ3v) is 4.81. The Morgan fingerprint density at radius 3 is 2.35 bits per heavy atom. The number of hydrogen-bond donors (Lipinski definition) is 0. The van der Waals surface area contributed by atoms with Crippen LogP contribution in [0.1, 0.15) is 30.7 Å². The molecule has 3 heteroatoms. The van der Waals surface area contributed by atoms with Gasteiger partial charge in [-0.15, -0.1) is 0 Å². The molecule has 2 aromatic rings. The summed E-state index contributed by atoms with van der Waals surface area (Å²) in [6, 6.07) is 18.5. The molecule has 0 spiro atoms. The van der Waals surface area contributed by atoms with Crippen molar-refractivity contribution in [3.63, 3.8) is 0 Å². The van der Waals surface area contributed by atoms with Gasteiger partial charge in [0.1, 0.15) is 5.75 Å². The maximum absolute atomic E-state index is 5.87. The van der Waals surface area contributed by atoms with E-state index in [2.05, 4.69) is 35.2 Å². The number of ether oxygens (including phenoxy) is 1. The van der Waals surface area contributed by atoms with E-state index < -0.39 is 0 Å². The maximum Gasteiger partial charge on any atom is 0.119 e. The number of piperidine rings is 1. The lowest BCUT2D eigenvalue weighted by molar-refractivity contribution is 0.193.